The fraction of sp³-hybridized carbons (Fsp3) is 0.579. The quantitative estimate of drug-likeness (QED) is 0.816. The molecule has 2 amide bonds. The number of halogens is 1. The molecular formula is C19H28FN3O2. The third kappa shape index (κ3) is 5.26. The summed E-state index contributed by atoms with van der Waals surface area (Å²) in [6.07, 6.45) is 0.323. The third-order valence-corrected chi connectivity index (χ3v) is 4.56. The van der Waals surface area contributed by atoms with Gasteiger partial charge in [-0.3, -0.25) is 9.59 Å². The van der Waals surface area contributed by atoms with Gasteiger partial charge < -0.3 is 14.7 Å². The van der Waals surface area contributed by atoms with E-state index in [2.05, 4.69) is 13.8 Å². The van der Waals surface area contributed by atoms with Crippen LogP contribution in [0.15, 0.2) is 24.3 Å². The van der Waals surface area contributed by atoms with E-state index in [0.717, 1.165) is 5.56 Å². The lowest BCUT2D eigenvalue weighted by atomic mass is 10.0. The van der Waals surface area contributed by atoms with Crippen LogP contribution < -0.4 is 0 Å². The Labute approximate surface area is 149 Å². The molecule has 25 heavy (non-hydrogen) atoms. The monoisotopic (exact) mass is 349 g/mol. The maximum absolute atomic E-state index is 13.1. The second-order valence-electron chi connectivity index (χ2n) is 7.29. The predicted octanol–water partition coefficient (Wildman–Crippen LogP) is 1.97. The van der Waals surface area contributed by atoms with E-state index in [9.17, 15) is 14.0 Å². The molecule has 1 saturated heterocycles. The Morgan fingerprint density at radius 1 is 1.28 bits per heavy atom. The molecule has 0 unspecified atom stereocenters. The van der Waals surface area contributed by atoms with E-state index in [1.807, 2.05) is 23.9 Å². The van der Waals surface area contributed by atoms with Crippen LogP contribution in [-0.4, -0.2) is 66.3 Å². The van der Waals surface area contributed by atoms with Crippen LogP contribution in [0.5, 0.6) is 0 Å². The number of benzene rings is 1. The summed E-state index contributed by atoms with van der Waals surface area (Å²) in [5, 5.41) is 0. The Morgan fingerprint density at radius 3 is 2.48 bits per heavy atom. The van der Waals surface area contributed by atoms with E-state index in [0.29, 0.717) is 32.6 Å². The molecule has 1 fully saturated rings. The molecule has 0 radical (unpaired) electrons. The zero-order valence-corrected chi connectivity index (χ0v) is 15.5. The van der Waals surface area contributed by atoms with Crippen LogP contribution in [0, 0.1) is 11.7 Å². The topological polar surface area (TPSA) is 43.9 Å². The van der Waals surface area contributed by atoms with Crippen LogP contribution in [0.3, 0.4) is 0 Å². The predicted molar refractivity (Wildman–Crippen MR) is 95.3 cm³/mol. The smallest absolute Gasteiger partial charge is 0.236 e. The molecule has 138 valence electrons. The van der Waals surface area contributed by atoms with Gasteiger partial charge in [-0.1, -0.05) is 26.0 Å². The maximum atomic E-state index is 13.1. The van der Waals surface area contributed by atoms with E-state index in [-0.39, 0.29) is 29.6 Å². The second kappa shape index (κ2) is 8.43. The van der Waals surface area contributed by atoms with Crippen molar-refractivity contribution in [2.24, 2.45) is 5.92 Å². The molecule has 1 aliphatic heterocycles. The fourth-order valence-electron chi connectivity index (χ4n) is 3.13. The zero-order chi connectivity index (χ0) is 18.6. The van der Waals surface area contributed by atoms with Crippen molar-refractivity contribution < 1.29 is 14.0 Å². The van der Waals surface area contributed by atoms with Gasteiger partial charge in [-0.25, -0.2) is 4.39 Å². The largest absolute Gasteiger partial charge is 0.339 e. The lowest BCUT2D eigenvalue weighted by Gasteiger charge is -2.35. The normalized spacial score (nSPS) is 18.8. The minimum absolute atomic E-state index is 0.0446. The van der Waals surface area contributed by atoms with Gasteiger partial charge in [0.05, 0.1) is 12.6 Å². The van der Waals surface area contributed by atoms with Gasteiger partial charge >= 0.3 is 0 Å². The highest BCUT2D eigenvalue weighted by Crippen LogP contribution is 2.21. The first kappa shape index (κ1) is 19.4. The summed E-state index contributed by atoms with van der Waals surface area (Å²) < 4.78 is 13.1. The Bertz CT molecular complexity index is 601. The Morgan fingerprint density at radius 2 is 1.92 bits per heavy atom. The van der Waals surface area contributed by atoms with Crippen LogP contribution in [0.25, 0.3) is 0 Å². The summed E-state index contributed by atoms with van der Waals surface area (Å²) in [4.78, 5) is 30.6. The van der Waals surface area contributed by atoms with E-state index in [4.69, 9.17) is 0 Å². The Balaban J connectivity index is 2.18. The van der Waals surface area contributed by atoms with Crippen LogP contribution in [0.4, 0.5) is 4.39 Å². The van der Waals surface area contributed by atoms with E-state index in [1.165, 1.54) is 12.1 Å². The molecule has 0 bridgehead atoms. The molecule has 0 saturated carbocycles. The first-order valence-electron chi connectivity index (χ1n) is 8.74. The maximum Gasteiger partial charge on any atom is 0.236 e. The van der Waals surface area contributed by atoms with Gasteiger partial charge in [0.1, 0.15) is 5.82 Å². The standard InChI is InChI=1S/C19H28FN3O2/c1-14(2)17-12-22(19(25)13-21(3)4)10-9-18(24)23(17)11-15-5-7-16(20)8-6-15/h5-8,14,17H,9-13H2,1-4H3/t17-/m0/s1. The van der Waals surface area contributed by atoms with Gasteiger partial charge in [0.25, 0.3) is 0 Å². The first-order valence-corrected chi connectivity index (χ1v) is 8.74. The van der Waals surface area contributed by atoms with Gasteiger partial charge in [0.2, 0.25) is 11.8 Å². The molecule has 0 aliphatic carbocycles. The molecule has 0 aromatic heterocycles. The van der Waals surface area contributed by atoms with Gasteiger partial charge in [0, 0.05) is 26.1 Å². The van der Waals surface area contributed by atoms with Gasteiger partial charge in [0.15, 0.2) is 0 Å². The van der Waals surface area contributed by atoms with Gasteiger partial charge in [-0.2, -0.15) is 0 Å². The molecule has 0 spiro atoms. The summed E-state index contributed by atoms with van der Waals surface area (Å²) in [6, 6.07) is 6.19. The van der Waals surface area contributed by atoms with Crippen LogP contribution in [-0.2, 0) is 16.1 Å². The summed E-state index contributed by atoms with van der Waals surface area (Å²) in [5.41, 5.74) is 0.897. The van der Waals surface area contributed by atoms with Crippen molar-refractivity contribution in [2.45, 2.75) is 32.9 Å². The molecular weight excluding hydrogens is 321 g/mol. The highest BCUT2D eigenvalue weighted by molar-refractivity contribution is 5.81. The third-order valence-electron chi connectivity index (χ3n) is 4.56. The molecule has 1 heterocycles. The minimum Gasteiger partial charge on any atom is -0.339 e. The Hall–Kier alpha value is -1.95. The van der Waals surface area contributed by atoms with Crippen molar-refractivity contribution in [1.82, 2.24) is 14.7 Å². The van der Waals surface area contributed by atoms with Crippen molar-refractivity contribution in [3.8, 4) is 0 Å². The molecule has 5 nitrogen and oxygen atoms in total. The minimum atomic E-state index is -0.285. The lowest BCUT2D eigenvalue weighted by molar-refractivity contribution is -0.134. The first-order chi connectivity index (χ1) is 11.8. The number of hydrogen-bond donors (Lipinski definition) is 0. The van der Waals surface area contributed by atoms with E-state index < -0.39 is 0 Å². The van der Waals surface area contributed by atoms with E-state index >= 15 is 0 Å². The van der Waals surface area contributed by atoms with Crippen molar-refractivity contribution in [3.63, 3.8) is 0 Å². The number of amides is 2. The zero-order valence-electron chi connectivity index (χ0n) is 15.5. The summed E-state index contributed by atoms with van der Waals surface area (Å²) in [7, 11) is 3.73. The van der Waals surface area contributed by atoms with Gasteiger partial charge in [-0.05, 0) is 37.7 Å². The number of rotatable bonds is 5. The van der Waals surface area contributed by atoms with Crippen LogP contribution in [0.2, 0.25) is 0 Å². The molecule has 1 atom stereocenters. The number of carbonyl (C=O) groups excluding carboxylic acids is 2. The SMILES string of the molecule is CC(C)[C@@H]1CN(C(=O)CN(C)C)CCC(=O)N1Cc1ccc(F)cc1. The van der Waals surface area contributed by atoms with Crippen LogP contribution in [0.1, 0.15) is 25.8 Å². The number of carbonyl (C=O) groups is 2. The molecule has 6 heteroatoms. The fourth-order valence-corrected chi connectivity index (χ4v) is 3.13. The number of hydrogen-bond acceptors (Lipinski definition) is 3. The van der Waals surface area contributed by atoms with Gasteiger partial charge in [-0.15, -0.1) is 0 Å². The van der Waals surface area contributed by atoms with Crippen molar-refractivity contribution in [1.29, 1.82) is 0 Å². The van der Waals surface area contributed by atoms with Crippen LogP contribution >= 0.6 is 0 Å². The van der Waals surface area contributed by atoms with E-state index in [1.54, 1.807) is 17.0 Å². The Kier molecular flexibility index (Phi) is 6.53. The highest BCUT2D eigenvalue weighted by Gasteiger charge is 2.33. The molecule has 1 aromatic carbocycles. The second-order valence-corrected chi connectivity index (χ2v) is 7.29. The average molecular weight is 349 g/mol. The molecule has 1 aliphatic rings. The average Bonchev–Trinajstić information content (AvgIpc) is 2.69. The summed E-state index contributed by atoms with van der Waals surface area (Å²) in [5.74, 6) is 0.0271. The highest BCUT2D eigenvalue weighted by atomic mass is 19.1. The lowest BCUT2D eigenvalue weighted by Crippen LogP contribution is -2.48. The summed E-state index contributed by atoms with van der Waals surface area (Å²) in [6.45, 7) is 5.91. The van der Waals surface area contributed by atoms with Crippen molar-refractivity contribution >= 4 is 11.8 Å². The number of nitrogens with zero attached hydrogens (tertiary/aromatic N) is 3. The molecule has 1 aromatic rings. The molecule has 2 rings (SSSR count). The van der Waals surface area contributed by atoms with Crippen molar-refractivity contribution in [3.05, 3.63) is 35.6 Å². The number of likely N-dealkylation sites (N-methyl/N-ethyl adjacent to an activating group) is 1. The molecule has 0 N–H and O–H groups in total. The summed E-state index contributed by atoms with van der Waals surface area (Å²) >= 11 is 0. The van der Waals surface area contributed by atoms with Crippen molar-refractivity contribution in [2.75, 3.05) is 33.7 Å².